The van der Waals surface area contributed by atoms with Crippen molar-refractivity contribution < 1.29 is 0 Å². The molecule has 2 atom stereocenters. The third kappa shape index (κ3) is 6.08. The van der Waals surface area contributed by atoms with Gasteiger partial charge >= 0.3 is 0 Å². The minimum Gasteiger partial charge on any atom is -0.295 e. The van der Waals surface area contributed by atoms with E-state index in [4.69, 9.17) is 0 Å². The summed E-state index contributed by atoms with van der Waals surface area (Å²) in [6.45, 7) is 8.82. The molecule has 1 nitrogen and oxygen atoms in total. The van der Waals surface area contributed by atoms with Gasteiger partial charge in [-0.1, -0.05) is 27.2 Å². The molecule has 0 aliphatic rings. The van der Waals surface area contributed by atoms with E-state index in [-0.39, 0.29) is 0 Å². The molecule has 0 saturated carbocycles. The topological polar surface area (TPSA) is 12.4 Å². The summed E-state index contributed by atoms with van der Waals surface area (Å²) in [6, 6.07) is 0.513. The molecule has 0 rings (SSSR count). The summed E-state index contributed by atoms with van der Waals surface area (Å²) in [5.41, 5.74) is 0. The third-order valence-corrected chi connectivity index (χ3v) is 2.16. The molecule has 11 heavy (non-hydrogen) atoms. The number of aliphatic imine (C=N–C) groups is 1. The molecule has 0 bridgehead atoms. The van der Waals surface area contributed by atoms with Gasteiger partial charge < -0.3 is 0 Å². The van der Waals surface area contributed by atoms with E-state index >= 15 is 0 Å². The summed E-state index contributed by atoms with van der Waals surface area (Å²) in [5.74, 6) is 0.794. The predicted molar refractivity (Wildman–Crippen MR) is 52.3 cm³/mol. The average Bonchev–Trinajstić information content (AvgIpc) is 2.04. The van der Waals surface area contributed by atoms with Gasteiger partial charge in [-0.2, -0.15) is 0 Å². The van der Waals surface area contributed by atoms with E-state index in [2.05, 4.69) is 38.9 Å². The smallest absolute Gasteiger partial charge is 0.0464 e. The van der Waals surface area contributed by atoms with Crippen LogP contribution in [0.25, 0.3) is 0 Å². The molecule has 0 N–H and O–H groups in total. The molecule has 0 radical (unpaired) electrons. The van der Waals surface area contributed by atoms with Gasteiger partial charge in [0.2, 0.25) is 0 Å². The second-order valence-corrected chi connectivity index (χ2v) is 3.34. The van der Waals surface area contributed by atoms with Crippen molar-refractivity contribution in [1.82, 2.24) is 0 Å². The van der Waals surface area contributed by atoms with Gasteiger partial charge in [-0.15, -0.1) is 0 Å². The van der Waals surface area contributed by atoms with Crippen molar-refractivity contribution in [3.8, 4) is 0 Å². The Hall–Kier alpha value is -0.330. The lowest BCUT2D eigenvalue weighted by molar-refractivity contribution is 0.588. The van der Waals surface area contributed by atoms with Crippen molar-refractivity contribution in [3.63, 3.8) is 0 Å². The van der Waals surface area contributed by atoms with Crippen LogP contribution in [0.2, 0.25) is 0 Å². The molecule has 0 saturated heterocycles. The minimum absolute atomic E-state index is 0.513. The molecule has 66 valence electrons. The van der Waals surface area contributed by atoms with E-state index in [9.17, 15) is 0 Å². The van der Waals surface area contributed by atoms with Crippen molar-refractivity contribution >= 4 is 6.21 Å². The average molecular weight is 155 g/mol. The number of nitrogens with zero attached hydrogens (tertiary/aromatic N) is 1. The zero-order valence-corrected chi connectivity index (χ0v) is 8.30. The normalized spacial score (nSPS) is 17.1. The lowest BCUT2D eigenvalue weighted by Crippen LogP contribution is -1.97. The van der Waals surface area contributed by atoms with E-state index < -0.39 is 0 Å². The zero-order chi connectivity index (χ0) is 8.69. The van der Waals surface area contributed by atoms with Gasteiger partial charge in [0.25, 0.3) is 0 Å². The molecule has 0 aliphatic heterocycles. The molecule has 1 heteroatoms. The maximum atomic E-state index is 4.41. The second-order valence-electron chi connectivity index (χ2n) is 3.34. The van der Waals surface area contributed by atoms with Crippen molar-refractivity contribution in [2.45, 2.75) is 53.0 Å². The van der Waals surface area contributed by atoms with Crippen molar-refractivity contribution in [1.29, 1.82) is 0 Å². The van der Waals surface area contributed by atoms with E-state index in [1.54, 1.807) is 0 Å². The Morgan fingerprint density at radius 1 is 1.18 bits per heavy atom. The van der Waals surface area contributed by atoms with Crippen LogP contribution < -0.4 is 0 Å². The van der Waals surface area contributed by atoms with Gasteiger partial charge in [0.05, 0.1) is 0 Å². The van der Waals surface area contributed by atoms with E-state index in [0.717, 1.165) is 18.8 Å². The standard InChI is InChI=1S/C10H21N/c1-5-9(3)7-8-11-10(4)6-2/h8-10H,5-7H2,1-4H3. The molecule has 2 unspecified atom stereocenters. The highest BCUT2D eigenvalue weighted by atomic mass is 14.7. The highest BCUT2D eigenvalue weighted by Crippen LogP contribution is 2.04. The number of hydrogen-bond donors (Lipinski definition) is 0. The quantitative estimate of drug-likeness (QED) is 0.540. The highest BCUT2D eigenvalue weighted by Gasteiger charge is 1.95. The Kier molecular flexibility index (Phi) is 6.19. The molecule has 0 fully saturated rings. The fraction of sp³-hybridized carbons (Fsp3) is 0.900. The van der Waals surface area contributed by atoms with E-state index in [0.29, 0.717) is 6.04 Å². The second kappa shape index (κ2) is 6.38. The summed E-state index contributed by atoms with van der Waals surface area (Å²) >= 11 is 0. The first kappa shape index (κ1) is 10.7. The van der Waals surface area contributed by atoms with Gasteiger partial charge in [-0.25, -0.2) is 0 Å². The SMILES string of the molecule is CCC(C)CC=NC(C)CC. The Morgan fingerprint density at radius 3 is 2.27 bits per heavy atom. The van der Waals surface area contributed by atoms with Crippen LogP contribution in [0.3, 0.4) is 0 Å². The Labute approximate surface area is 70.9 Å². The highest BCUT2D eigenvalue weighted by molar-refractivity contribution is 5.57. The fourth-order valence-corrected chi connectivity index (χ4v) is 0.693. The van der Waals surface area contributed by atoms with Crippen LogP contribution in [0.15, 0.2) is 4.99 Å². The maximum Gasteiger partial charge on any atom is 0.0464 e. The molecule has 0 spiro atoms. The number of rotatable bonds is 5. The monoisotopic (exact) mass is 155 g/mol. The van der Waals surface area contributed by atoms with Crippen LogP contribution >= 0.6 is 0 Å². The third-order valence-electron chi connectivity index (χ3n) is 2.16. The number of hydrogen-bond acceptors (Lipinski definition) is 1. The van der Waals surface area contributed by atoms with Gasteiger partial charge in [0, 0.05) is 6.04 Å². The Bertz CT molecular complexity index is 107. The van der Waals surface area contributed by atoms with Crippen molar-refractivity contribution in [3.05, 3.63) is 0 Å². The molecular weight excluding hydrogens is 134 g/mol. The lowest BCUT2D eigenvalue weighted by Gasteiger charge is -2.04. The van der Waals surface area contributed by atoms with Crippen molar-refractivity contribution in [2.75, 3.05) is 0 Å². The first-order valence-corrected chi connectivity index (χ1v) is 4.72. The maximum absolute atomic E-state index is 4.41. The zero-order valence-electron chi connectivity index (χ0n) is 8.30. The molecular formula is C10H21N. The van der Waals surface area contributed by atoms with Crippen LogP contribution in [0, 0.1) is 5.92 Å². The largest absolute Gasteiger partial charge is 0.295 e. The van der Waals surface area contributed by atoms with E-state index in [1.807, 2.05) is 0 Å². The van der Waals surface area contributed by atoms with Crippen molar-refractivity contribution in [2.24, 2.45) is 10.9 Å². The summed E-state index contributed by atoms with van der Waals surface area (Å²) in [4.78, 5) is 4.41. The Morgan fingerprint density at radius 2 is 1.82 bits per heavy atom. The summed E-state index contributed by atoms with van der Waals surface area (Å²) in [5, 5.41) is 0. The van der Waals surface area contributed by atoms with Crippen LogP contribution in [0.4, 0.5) is 0 Å². The molecule has 0 aromatic carbocycles. The summed E-state index contributed by atoms with van der Waals surface area (Å²) < 4.78 is 0. The molecule has 0 aliphatic carbocycles. The first-order chi connectivity index (χ1) is 5.20. The van der Waals surface area contributed by atoms with Gasteiger partial charge in [0.1, 0.15) is 0 Å². The van der Waals surface area contributed by atoms with E-state index in [1.165, 1.54) is 6.42 Å². The summed E-state index contributed by atoms with van der Waals surface area (Å²) in [7, 11) is 0. The van der Waals surface area contributed by atoms with Gasteiger partial charge in [0.15, 0.2) is 0 Å². The molecule has 0 aromatic heterocycles. The first-order valence-electron chi connectivity index (χ1n) is 4.72. The lowest BCUT2D eigenvalue weighted by atomic mass is 10.1. The van der Waals surface area contributed by atoms with Crippen LogP contribution in [-0.4, -0.2) is 12.3 Å². The van der Waals surface area contributed by atoms with Crippen LogP contribution in [0.5, 0.6) is 0 Å². The summed E-state index contributed by atoms with van der Waals surface area (Å²) in [6.07, 6.45) is 5.63. The predicted octanol–water partition coefficient (Wildman–Crippen LogP) is 3.29. The minimum atomic E-state index is 0.513. The Balaban J connectivity index is 3.43. The fourth-order valence-electron chi connectivity index (χ4n) is 0.693. The van der Waals surface area contributed by atoms with Crippen LogP contribution in [0.1, 0.15) is 47.0 Å². The van der Waals surface area contributed by atoms with Gasteiger partial charge in [-0.3, -0.25) is 4.99 Å². The van der Waals surface area contributed by atoms with Gasteiger partial charge in [-0.05, 0) is 31.9 Å². The molecule has 0 amide bonds. The molecule has 0 aromatic rings. The molecule has 0 heterocycles. The van der Waals surface area contributed by atoms with Crippen LogP contribution in [-0.2, 0) is 0 Å².